The van der Waals surface area contributed by atoms with Gasteiger partial charge in [0.15, 0.2) is 4.96 Å². The molecule has 2 heterocycles. The summed E-state index contributed by atoms with van der Waals surface area (Å²) < 4.78 is 1.90. The van der Waals surface area contributed by atoms with Gasteiger partial charge in [0.1, 0.15) is 0 Å². The molecule has 0 aliphatic rings. The normalized spacial score (nSPS) is 12.4. The van der Waals surface area contributed by atoms with Gasteiger partial charge in [-0.25, -0.2) is 4.98 Å². The van der Waals surface area contributed by atoms with E-state index in [9.17, 15) is 9.90 Å². The number of fused-ring (bicyclic) bond motifs is 1. The summed E-state index contributed by atoms with van der Waals surface area (Å²) >= 11 is 1.53. The predicted molar refractivity (Wildman–Crippen MR) is 90.6 cm³/mol. The Balaban J connectivity index is 1.65. The van der Waals surface area contributed by atoms with Crippen LogP contribution in [-0.4, -0.2) is 27.0 Å². The number of aliphatic hydroxyl groups is 1. The Labute approximate surface area is 138 Å². The fourth-order valence-corrected chi connectivity index (χ4v) is 3.21. The highest BCUT2D eigenvalue weighted by molar-refractivity contribution is 7.15. The van der Waals surface area contributed by atoms with Crippen LogP contribution < -0.4 is 5.32 Å². The molecule has 0 aliphatic carbocycles. The number of aromatic nitrogens is 2. The molecule has 2 N–H and O–H groups in total. The molecule has 0 radical (unpaired) electrons. The maximum absolute atomic E-state index is 12.2. The molecule has 5 nitrogen and oxygen atoms in total. The number of rotatable bonds is 6. The molecule has 1 atom stereocenters. The van der Waals surface area contributed by atoms with Crippen LogP contribution in [0.4, 0.5) is 0 Å². The zero-order valence-electron chi connectivity index (χ0n) is 12.9. The van der Waals surface area contributed by atoms with E-state index in [0.29, 0.717) is 0 Å². The lowest BCUT2D eigenvalue weighted by atomic mass is 10.0. The first-order valence-electron chi connectivity index (χ1n) is 7.59. The summed E-state index contributed by atoms with van der Waals surface area (Å²) in [5.74, 6) is -0.144. The van der Waals surface area contributed by atoms with Gasteiger partial charge in [-0.05, 0) is 17.5 Å². The summed E-state index contributed by atoms with van der Waals surface area (Å²) in [6.07, 6.45) is 4.95. The van der Waals surface area contributed by atoms with Gasteiger partial charge in [0, 0.05) is 17.8 Å². The topological polar surface area (TPSA) is 66.6 Å². The highest BCUT2D eigenvalue weighted by atomic mass is 32.1. The van der Waals surface area contributed by atoms with Gasteiger partial charge in [-0.3, -0.25) is 9.20 Å². The van der Waals surface area contributed by atoms with Crippen molar-refractivity contribution >= 4 is 22.2 Å². The third kappa shape index (κ3) is 3.60. The van der Waals surface area contributed by atoms with Gasteiger partial charge in [-0.1, -0.05) is 31.2 Å². The molecule has 0 saturated heterocycles. The van der Waals surface area contributed by atoms with Crippen LogP contribution >= 0.6 is 11.3 Å². The Morgan fingerprint density at radius 2 is 2.17 bits per heavy atom. The summed E-state index contributed by atoms with van der Waals surface area (Å²) in [5.41, 5.74) is 2.87. The zero-order valence-corrected chi connectivity index (χ0v) is 13.7. The number of nitrogens with zero attached hydrogens (tertiary/aromatic N) is 2. The molecule has 1 amide bonds. The molecule has 0 aliphatic heterocycles. The van der Waals surface area contributed by atoms with Gasteiger partial charge in [-0.2, -0.15) is 0 Å². The minimum absolute atomic E-state index is 0.129. The van der Waals surface area contributed by atoms with Crippen molar-refractivity contribution in [2.75, 3.05) is 6.61 Å². The minimum Gasteiger partial charge on any atom is -0.394 e. The molecule has 3 aromatic rings. The number of carbonyl (C=O) groups is 1. The van der Waals surface area contributed by atoms with Crippen LogP contribution in [-0.2, 0) is 17.6 Å². The van der Waals surface area contributed by atoms with Gasteiger partial charge in [0.2, 0.25) is 5.91 Å². The maximum atomic E-state index is 12.2. The number of hydrogen-bond acceptors (Lipinski definition) is 4. The van der Waals surface area contributed by atoms with Crippen LogP contribution in [0, 0.1) is 0 Å². The van der Waals surface area contributed by atoms with E-state index in [1.165, 1.54) is 16.9 Å². The fraction of sp³-hybridized carbons (Fsp3) is 0.294. The Hall–Kier alpha value is -2.18. The highest BCUT2D eigenvalue weighted by Crippen LogP contribution is 2.15. The van der Waals surface area contributed by atoms with E-state index in [2.05, 4.69) is 17.2 Å². The monoisotopic (exact) mass is 329 g/mol. The first-order chi connectivity index (χ1) is 11.2. The quantitative estimate of drug-likeness (QED) is 0.729. The second-order valence-electron chi connectivity index (χ2n) is 5.40. The molecular formula is C17H19N3O2S. The Kier molecular flexibility index (Phi) is 4.73. The molecule has 3 rings (SSSR count). The highest BCUT2D eigenvalue weighted by Gasteiger charge is 2.15. The first-order valence-corrected chi connectivity index (χ1v) is 8.47. The molecule has 2 aromatic heterocycles. The van der Waals surface area contributed by atoms with E-state index >= 15 is 0 Å². The van der Waals surface area contributed by atoms with Crippen LogP contribution in [0.1, 0.15) is 29.8 Å². The van der Waals surface area contributed by atoms with Crippen molar-refractivity contribution < 1.29 is 9.90 Å². The van der Waals surface area contributed by atoms with E-state index < -0.39 is 6.04 Å². The molecule has 0 saturated carbocycles. The molecule has 23 heavy (non-hydrogen) atoms. The Bertz CT molecular complexity index is 763. The van der Waals surface area contributed by atoms with Crippen molar-refractivity contribution in [3.8, 4) is 0 Å². The Morgan fingerprint density at radius 3 is 2.83 bits per heavy atom. The number of aryl methyl sites for hydroxylation is 1. The summed E-state index contributed by atoms with van der Waals surface area (Å²) in [7, 11) is 0. The molecule has 120 valence electrons. The molecule has 0 fully saturated rings. The van der Waals surface area contributed by atoms with Gasteiger partial charge in [-0.15, -0.1) is 11.3 Å². The van der Waals surface area contributed by atoms with E-state index in [1.807, 2.05) is 46.4 Å². The molecule has 1 unspecified atom stereocenters. The van der Waals surface area contributed by atoms with E-state index in [1.54, 1.807) is 0 Å². The zero-order chi connectivity index (χ0) is 16.2. The van der Waals surface area contributed by atoms with Crippen molar-refractivity contribution in [2.24, 2.45) is 0 Å². The van der Waals surface area contributed by atoms with Crippen LogP contribution in [0.15, 0.2) is 42.0 Å². The molecule has 6 heteroatoms. The van der Waals surface area contributed by atoms with Crippen molar-refractivity contribution in [1.82, 2.24) is 14.7 Å². The lowest BCUT2D eigenvalue weighted by Crippen LogP contribution is -2.32. The second-order valence-corrected chi connectivity index (χ2v) is 6.27. The molecular weight excluding hydrogens is 310 g/mol. The smallest absolute Gasteiger partial charge is 0.226 e. The van der Waals surface area contributed by atoms with Crippen LogP contribution in [0.5, 0.6) is 0 Å². The standard InChI is InChI=1S/C17H19N3O2S/c1-2-12-3-5-13(6-4-12)15(11-21)19-16(22)9-14-10-20-7-8-23-17(20)18-14/h3-8,10,15,21H,2,9,11H2,1H3,(H,19,22). The van der Waals surface area contributed by atoms with E-state index in [0.717, 1.165) is 22.6 Å². The third-order valence-electron chi connectivity index (χ3n) is 3.79. The molecule has 0 bridgehead atoms. The number of benzene rings is 1. The lowest BCUT2D eigenvalue weighted by Gasteiger charge is -2.17. The number of thiazole rings is 1. The number of hydrogen-bond donors (Lipinski definition) is 2. The molecule has 1 aromatic carbocycles. The van der Waals surface area contributed by atoms with Crippen molar-refractivity contribution in [3.63, 3.8) is 0 Å². The van der Waals surface area contributed by atoms with Crippen molar-refractivity contribution in [3.05, 3.63) is 58.9 Å². The van der Waals surface area contributed by atoms with E-state index in [4.69, 9.17) is 0 Å². The first kappa shape index (κ1) is 15.7. The summed E-state index contributed by atoms with van der Waals surface area (Å²) in [5, 5.41) is 14.4. The number of amides is 1. The number of aliphatic hydroxyl groups excluding tert-OH is 1. The average molecular weight is 329 g/mol. The second kappa shape index (κ2) is 6.93. The van der Waals surface area contributed by atoms with Crippen molar-refractivity contribution in [2.45, 2.75) is 25.8 Å². The summed E-state index contributed by atoms with van der Waals surface area (Å²) in [6, 6.07) is 7.55. The van der Waals surface area contributed by atoms with Gasteiger partial charge < -0.3 is 10.4 Å². The third-order valence-corrected chi connectivity index (χ3v) is 4.56. The SMILES string of the molecule is CCc1ccc(C(CO)NC(=O)Cc2cn3ccsc3n2)cc1. The van der Waals surface area contributed by atoms with E-state index in [-0.39, 0.29) is 18.9 Å². The number of carbonyl (C=O) groups excluding carboxylic acids is 1. The van der Waals surface area contributed by atoms with Crippen molar-refractivity contribution in [1.29, 1.82) is 0 Å². The number of imidazole rings is 1. The minimum atomic E-state index is -0.392. The number of nitrogens with one attached hydrogen (secondary N) is 1. The van der Waals surface area contributed by atoms with Gasteiger partial charge >= 0.3 is 0 Å². The summed E-state index contributed by atoms with van der Waals surface area (Å²) in [6.45, 7) is 1.96. The van der Waals surface area contributed by atoms with Crippen LogP contribution in [0.25, 0.3) is 4.96 Å². The average Bonchev–Trinajstić information content (AvgIpc) is 3.14. The molecule has 0 spiro atoms. The van der Waals surface area contributed by atoms with Gasteiger partial charge in [0.05, 0.1) is 24.8 Å². The van der Waals surface area contributed by atoms with Crippen LogP contribution in [0.3, 0.4) is 0 Å². The maximum Gasteiger partial charge on any atom is 0.226 e. The lowest BCUT2D eigenvalue weighted by molar-refractivity contribution is -0.121. The fourth-order valence-electron chi connectivity index (χ4n) is 2.49. The van der Waals surface area contributed by atoms with Gasteiger partial charge in [0.25, 0.3) is 0 Å². The predicted octanol–water partition coefficient (Wildman–Crippen LogP) is 2.35. The van der Waals surface area contributed by atoms with Crippen LogP contribution in [0.2, 0.25) is 0 Å². The summed E-state index contributed by atoms with van der Waals surface area (Å²) in [4.78, 5) is 17.5. The largest absolute Gasteiger partial charge is 0.394 e. The Morgan fingerprint density at radius 1 is 1.39 bits per heavy atom.